The molecule has 4 rings (SSSR count). The van der Waals surface area contributed by atoms with Crippen LogP contribution in [0.3, 0.4) is 0 Å². The van der Waals surface area contributed by atoms with Gasteiger partial charge in [0.2, 0.25) is 5.91 Å². The van der Waals surface area contributed by atoms with Crippen LogP contribution in [0.4, 0.5) is 10.7 Å². The molecule has 0 unspecified atom stereocenters. The highest BCUT2D eigenvalue weighted by Crippen LogP contribution is 2.38. The Hall–Kier alpha value is -3.30. The quantitative estimate of drug-likeness (QED) is 0.225. The first-order valence-corrected chi connectivity index (χ1v) is 14.7. The molecule has 0 saturated heterocycles. The smallest absolute Gasteiger partial charge is 0.341 e. The fourth-order valence-corrected chi connectivity index (χ4v) is 6.31. The van der Waals surface area contributed by atoms with E-state index in [1.807, 2.05) is 36.4 Å². The van der Waals surface area contributed by atoms with Gasteiger partial charge in [0.05, 0.1) is 17.9 Å². The number of thioether (sulfide) groups is 1. The van der Waals surface area contributed by atoms with Crippen molar-refractivity contribution >= 4 is 51.6 Å². The molecule has 0 aliphatic heterocycles. The Labute approximate surface area is 231 Å². The highest BCUT2D eigenvalue weighted by Gasteiger charge is 2.26. The van der Waals surface area contributed by atoms with Crippen molar-refractivity contribution in [1.82, 2.24) is 0 Å². The number of hydrogen-bond donors (Lipinski definition) is 2. The monoisotopic (exact) mass is 552 g/mol. The molecular formula is C29H32N2O5S2. The van der Waals surface area contributed by atoms with E-state index in [0.717, 1.165) is 42.6 Å². The second-order valence-corrected chi connectivity index (χ2v) is 11.0. The minimum absolute atomic E-state index is 0.0998. The standard InChI is InChI=1S/C29H32N2O5S2/c1-2-35-29(34)27-23-15-8-3-4-9-16-24(23)38-28(27)31-26(33)19-37-22-14-10-11-20(17-22)30-25(32)18-36-21-12-6-5-7-13-21/h5-7,10-14,17H,2-4,8-9,15-16,18-19H2,1H3,(H,30,32)(H,31,33). The third kappa shape index (κ3) is 7.85. The third-order valence-electron chi connectivity index (χ3n) is 6.00. The van der Waals surface area contributed by atoms with Gasteiger partial charge in [-0.1, -0.05) is 37.1 Å². The summed E-state index contributed by atoms with van der Waals surface area (Å²) in [5.41, 5.74) is 2.19. The number of rotatable bonds is 10. The molecule has 200 valence electrons. The lowest BCUT2D eigenvalue weighted by Gasteiger charge is -2.11. The summed E-state index contributed by atoms with van der Waals surface area (Å²) in [7, 11) is 0. The van der Waals surface area contributed by atoms with Gasteiger partial charge in [0.25, 0.3) is 5.91 Å². The molecule has 38 heavy (non-hydrogen) atoms. The number of amides is 2. The van der Waals surface area contributed by atoms with Gasteiger partial charge >= 0.3 is 5.97 Å². The maximum atomic E-state index is 12.9. The summed E-state index contributed by atoms with van der Waals surface area (Å²) >= 11 is 2.86. The van der Waals surface area contributed by atoms with E-state index >= 15 is 0 Å². The number of nitrogens with one attached hydrogen (secondary N) is 2. The van der Waals surface area contributed by atoms with Crippen LogP contribution in [-0.2, 0) is 27.2 Å². The zero-order valence-electron chi connectivity index (χ0n) is 21.4. The molecule has 7 nitrogen and oxygen atoms in total. The number of aryl methyl sites for hydroxylation is 1. The van der Waals surface area contributed by atoms with Gasteiger partial charge < -0.3 is 20.1 Å². The summed E-state index contributed by atoms with van der Waals surface area (Å²) in [4.78, 5) is 40.0. The second-order valence-electron chi connectivity index (χ2n) is 8.86. The molecule has 0 radical (unpaired) electrons. The number of para-hydroxylation sites is 1. The van der Waals surface area contributed by atoms with Gasteiger partial charge in [-0.15, -0.1) is 23.1 Å². The molecule has 9 heteroatoms. The maximum Gasteiger partial charge on any atom is 0.341 e. The van der Waals surface area contributed by atoms with E-state index in [0.29, 0.717) is 22.0 Å². The molecule has 1 aliphatic carbocycles. The zero-order valence-corrected chi connectivity index (χ0v) is 23.1. The average Bonchev–Trinajstić information content (AvgIpc) is 3.23. The Balaban J connectivity index is 1.35. The predicted molar refractivity (Wildman–Crippen MR) is 153 cm³/mol. The first-order chi connectivity index (χ1) is 18.5. The van der Waals surface area contributed by atoms with Gasteiger partial charge in [-0.25, -0.2) is 4.79 Å². The fraction of sp³-hybridized carbons (Fsp3) is 0.345. The van der Waals surface area contributed by atoms with Crippen LogP contribution in [0.5, 0.6) is 5.75 Å². The number of anilines is 2. The van der Waals surface area contributed by atoms with Crippen LogP contribution in [0.1, 0.15) is 53.4 Å². The predicted octanol–water partition coefficient (Wildman–Crippen LogP) is 6.33. The van der Waals surface area contributed by atoms with Crippen molar-refractivity contribution in [2.45, 2.75) is 50.3 Å². The number of hydrogen-bond acceptors (Lipinski definition) is 7. The van der Waals surface area contributed by atoms with Gasteiger partial charge in [0.1, 0.15) is 10.8 Å². The van der Waals surface area contributed by atoms with E-state index < -0.39 is 0 Å². The summed E-state index contributed by atoms with van der Waals surface area (Å²) < 4.78 is 10.8. The van der Waals surface area contributed by atoms with Gasteiger partial charge in [-0.3, -0.25) is 9.59 Å². The van der Waals surface area contributed by atoms with Crippen LogP contribution in [0.25, 0.3) is 0 Å². The molecule has 1 aromatic heterocycles. The highest BCUT2D eigenvalue weighted by atomic mass is 32.2. The summed E-state index contributed by atoms with van der Waals surface area (Å²) in [6.45, 7) is 1.98. The molecule has 0 atom stereocenters. The largest absolute Gasteiger partial charge is 0.484 e. The molecule has 1 heterocycles. The van der Waals surface area contributed by atoms with Crippen LogP contribution in [0.15, 0.2) is 59.5 Å². The van der Waals surface area contributed by atoms with Crippen molar-refractivity contribution in [2.75, 3.05) is 29.6 Å². The van der Waals surface area contributed by atoms with Crippen LogP contribution in [0, 0.1) is 0 Å². The lowest BCUT2D eigenvalue weighted by atomic mass is 9.96. The number of carbonyl (C=O) groups is 3. The van der Waals surface area contributed by atoms with Crippen LogP contribution < -0.4 is 15.4 Å². The first kappa shape index (κ1) is 27.7. The molecule has 1 aliphatic rings. The van der Waals surface area contributed by atoms with Crippen molar-refractivity contribution in [3.05, 3.63) is 70.6 Å². The number of thiophene rings is 1. The van der Waals surface area contributed by atoms with E-state index in [1.165, 1.54) is 34.4 Å². The zero-order chi connectivity index (χ0) is 26.7. The summed E-state index contributed by atoms with van der Waals surface area (Å²) in [6.07, 6.45) is 6.21. The minimum Gasteiger partial charge on any atom is -0.484 e. The number of ether oxygens (including phenoxy) is 2. The van der Waals surface area contributed by atoms with Gasteiger partial charge in [-0.05, 0) is 68.5 Å². The number of esters is 1. The van der Waals surface area contributed by atoms with Crippen molar-refractivity contribution in [3.63, 3.8) is 0 Å². The summed E-state index contributed by atoms with van der Waals surface area (Å²) in [5, 5.41) is 6.37. The van der Waals surface area contributed by atoms with Gasteiger partial charge in [0, 0.05) is 15.5 Å². The molecular weight excluding hydrogens is 520 g/mol. The lowest BCUT2D eigenvalue weighted by Crippen LogP contribution is -2.20. The Morgan fingerprint density at radius 1 is 0.921 bits per heavy atom. The van der Waals surface area contributed by atoms with Gasteiger partial charge in [-0.2, -0.15) is 0 Å². The maximum absolute atomic E-state index is 12.9. The average molecular weight is 553 g/mol. The lowest BCUT2D eigenvalue weighted by molar-refractivity contribution is -0.118. The third-order valence-corrected chi connectivity index (χ3v) is 8.21. The van der Waals surface area contributed by atoms with Crippen molar-refractivity contribution in [3.8, 4) is 5.75 Å². The Morgan fingerprint density at radius 3 is 2.50 bits per heavy atom. The van der Waals surface area contributed by atoms with E-state index in [-0.39, 0.29) is 36.8 Å². The fourth-order valence-electron chi connectivity index (χ4n) is 4.26. The molecule has 2 amide bonds. The van der Waals surface area contributed by atoms with Gasteiger partial charge in [0.15, 0.2) is 6.61 Å². The van der Waals surface area contributed by atoms with Crippen LogP contribution >= 0.6 is 23.1 Å². The van der Waals surface area contributed by atoms with E-state index in [2.05, 4.69) is 10.6 Å². The molecule has 0 saturated carbocycles. The minimum atomic E-state index is -0.367. The SMILES string of the molecule is CCOC(=O)c1c(NC(=O)CSc2cccc(NC(=O)COc3ccccc3)c2)sc2c1CCCCCC2. The van der Waals surface area contributed by atoms with Crippen molar-refractivity contribution in [1.29, 1.82) is 0 Å². The molecule has 3 aromatic rings. The topological polar surface area (TPSA) is 93.7 Å². The van der Waals surface area contributed by atoms with E-state index in [4.69, 9.17) is 9.47 Å². The first-order valence-electron chi connectivity index (χ1n) is 12.9. The number of benzene rings is 2. The van der Waals surface area contributed by atoms with Crippen molar-refractivity contribution < 1.29 is 23.9 Å². The van der Waals surface area contributed by atoms with E-state index in [9.17, 15) is 14.4 Å². The molecule has 2 aromatic carbocycles. The summed E-state index contributed by atoms with van der Waals surface area (Å²) in [5.74, 6) is -0.0386. The second kappa shape index (κ2) is 14.0. The number of carbonyl (C=O) groups excluding carboxylic acids is 3. The molecule has 0 spiro atoms. The molecule has 0 fully saturated rings. The van der Waals surface area contributed by atoms with E-state index in [1.54, 1.807) is 25.1 Å². The van der Waals surface area contributed by atoms with Crippen LogP contribution in [-0.4, -0.2) is 36.8 Å². The Morgan fingerprint density at radius 2 is 1.71 bits per heavy atom. The Bertz CT molecular complexity index is 1260. The molecule has 2 N–H and O–H groups in total. The van der Waals surface area contributed by atoms with Crippen molar-refractivity contribution in [2.24, 2.45) is 0 Å². The Kier molecular flexibility index (Phi) is 10.2. The molecule has 0 bridgehead atoms. The number of fused-ring (bicyclic) bond motifs is 1. The van der Waals surface area contributed by atoms with Crippen LogP contribution in [0.2, 0.25) is 0 Å². The highest BCUT2D eigenvalue weighted by molar-refractivity contribution is 8.00. The normalized spacial score (nSPS) is 13.0. The summed E-state index contributed by atoms with van der Waals surface area (Å²) in [6, 6.07) is 16.5.